The van der Waals surface area contributed by atoms with Crippen LogP contribution in [-0.2, 0) is 4.79 Å². The number of esters is 1. The van der Waals surface area contributed by atoms with Gasteiger partial charge in [-0.3, -0.25) is 4.79 Å². The quantitative estimate of drug-likeness (QED) is 0.471. The van der Waals surface area contributed by atoms with E-state index in [4.69, 9.17) is 4.74 Å². The molecule has 0 spiro atoms. The number of carbonyl (C=O) groups excluding carboxylic acids is 1. The molecule has 0 heterocycles. The summed E-state index contributed by atoms with van der Waals surface area (Å²) in [5.41, 5.74) is 0.905. The van der Waals surface area contributed by atoms with Crippen LogP contribution in [0.4, 0.5) is 0 Å². The zero-order valence-corrected chi connectivity index (χ0v) is 9.45. The van der Waals surface area contributed by atoms with Crippen molar-refractivity contribution < 1.29 is 9.53 Å². The number of allylic oxidation sites excluding steroid dienone is 1. The molecule has 0 unspecified atom stereocenters. The Bertz CT molecular complexity index is 345. The lowest BCUT2D eigenvalue weighted by atomic mass is 10.2. The second kappa shape index (κ2) is 5.60. The normalized spacial score (nSPS) is 10.4. The maximum Gasteiger partial charge on any atom is 0.308 e. The first kappa shape index (κ1) is 11.0. The molecule has 1 aromatic rings. The van der Waals surface area contributed by atoms with Gasteiger partial charge in [-0.2, -0.15) is 0 Å². The van der Waals surface area contributed by atoms with Crippen molar-refractivity contribution in [3.05, 3.63) is 35.9 Å². The third-order valence-corrected chi connectivity index (χ3v) is 1.93. The Morgan fingerprint density at radius 2 is 2.21 bits per heavy atom. The van der Waals surface area contributed by atoms with Crippen LogP contribution in [0.2, 0.25) is 0 Å². The molecule has 14 heavy (non-hydrogen) atoms. The number of ether oxygens (including phenoxy) is 1. The highest BCUT2D eigenvalue weighted by molar-refractivity contribution is 9.09. The van der Waals surface area contributed by atoms with Crippen molar-refractivity contribution in [1.82, 2.24) is 0 Å². The topological polar surface area (TPSA) is 26.3 Å². The second-order valence-corrected chi connectivity index (χ2v) is 3.34. The van der Waals surface area contributed by atoms with Gasteiger partial charge in [0, 0.05) is 17.8 Å². The van der Waals surface area contributed by atoms with Crippen LogP contribution in [0.25, 0.3) is 6.08 Å². The molecule has 1 rings (SSSR count). The summed E-state index contributed by atoms with van der Waals surface area (Å²) in [4.78, 5) is 10.8. The highest BCUT2D eigenvalue weighted by atomic mass is 79.9. The van der Waals surface area contributed by atoms with E-state index in [1.807, 2.05) is 30.4 Å². The maximum absolute atomic E-state index is 10.8. The molecule has 0 aliphatic heterocycles. The molecule has 0 amide bonds. The van der Waals surface area contributed by atoms with Gasteiger partial charge in [-0.05, 0) is 6.07 Å². The molecule has 74 valence electrons. The average Bonchev–Trinajstić information content (AvgIpc) is 2.16. The fraction of sp³-hybridized carbons (Fsp3) is 0.182. The summed E-state index contributed by atoms with van der Waals surface area (Å²) in [6.45, 7) is 1.39. The van der Waals surface area contributed by atoms with Crippen LogP contribution in [0.5, 0.6) is 5.75 Å². The summed E-state index contributed by atoms with van der Waals surface area (Å²) in [5, 5.41) is 0.779. The molecule has 0 radical (unpaired) electrons. The SMILES string of the molecule is CC(=O)Oc1ccccc1/C=C/CBr. The Balaban J connectivity index is 2.90. The van der Waals surface area contributed by atoms with Crippen LogP contribution in [-0.4, -0.2) is 11.3 Å². The van der Waals surface area contributed by atoms with Crippen molar-refractivity contribution in [2.24, 2.45) is 0 Å². The van der Waals surface area contributed by atoms with Crippen molar-refractivity contribution in [2.75, 3.05) is 5.33 Å². The summed E-state index contributed by atoms with van der Waals surface area (Å²) in [6, 6.07) is 7.41. The number of rotatable bonds is 3. The fourth-order valence-corrected chi connectivity index (χ4v) is 1.22. The van der Waals surface area contributed by atoms with Crippen LogP contribution >= 0.6 is 15.9 Å². The fourth-order valence-electron chi connectivity index (χ4n) is 1.04. The smallest absolute Gasteiger partial charge is 0.308 e. The molecule has 2 nitrogen and oxygen atoms in total. The standard InChI is InChI=1S/C11H11BrO2/c1-9(13)14-11-7-3-2-5-10(11)6-4-8-12/h2-7H,8H2,1H3/b6-4+. The number of carbonyl (C=O) groups is 1. The van der Waals surface area contributed by atoms with Crippen LogP contribution in [0, 0.1) is 0 Å². The molecule has 0 fully saturated rings. The molecule has 0 N–H and O–H groups in total. The predicted octanol–water partition coefficient (Wildman–Crippen LogP) is 3.02. The minimum absolute atomic E-state index is 0.301. The maximum atomic E-state index is 10.8. The third kappa shape index (κ3) is 3.34. The molecular formula is C11H11BrO2. The lowest BCUT2D eigenvalue weighted by Crippen LogP contribution is -2.02. The van der Waals surface area contributed by atoms with Crippen molar-refractivity contribution in [2.45, 2.75) is 6.92 Å². The summed E-state index contributed by atoms with van der Waals surface area (Å²) in [7, 11) is 0. The molecule has 0 saturated heterocycles. The van der Waals surface area contributed by atoms with E-state index >= 15 is 0 Å². The molecule has 3 heteroatoms. The van der Waals surface area contributed by atoms with Crippen LogP contribution < -0.4 is 4.74 Å². The zero-order valence-electron chi connectivity index (χ0n) is 7.87. The first-order chi connectivity index (χ1) is 6.74. The monoisotopic (exact) mass is 254 g/mol. The van der Waals surface area contributed by atoms with Crippen LogP contribution in [0.1, 0.15) is 12.5 Å². The number of hydrogen-bond acceptors (Lipinski definition) is 2. The van der Waals surface area contributed by atoms with Gasteiger partial charge in [-0.25, -0.2) is 0 Å². The highest BCUT2D eigenvalue weighted by Gasteiger charge is 2.01. The van der Waals surface area contributed by atoms with E-state index in [9.17, 15) is 4.79 Å². The lowest BCUT2D eigenvalue weighted by Gasteiger charge is -2.04. The van der Waals surface area contributed by atoms with Gasteiger partial charge in [0.05, 0.1) is 0 Å². The van der Waals surface area contributed by atoms with E-state index < -0.39 is 0 Å². The van der Waals surface area contributed by atoms with Gasteiger partial charge in [-0.1, -0.05) is 46.3 Å². The number of halogens is 1. The molecule has 1 aromatic carbocycles. The second-order valence-electron chi connectivity index (χ2n) is 2.69. The number of benzene rings is 1. The molecule has 0 aromatic heterocycles. The summed E-state index contributed by atoms with van der Waals surface area (Å²) in [6.07, 6.45) is 3.86. The molecule has 0 aliphatic rings. The van der Waals surface area contributed by atoms with Crippen LogP contribution in [0.15, 0.2) is 30.3 Å². The molecule has 0 aliphatic carbocycles. The molecular weight excluding hydrogens is 244 g/mol. The zero-order chi connectivity index (χ0) is 10.4. The Morgan fingerprint density at radius 3 is 2.86 bits per heavy atom. The van der Waals surface area contributed by atoms with Gasteiger partial charge in [-0.15, -0.1) is 0 Å². The van der Waals surface area contributed by atoms with Crippen molar-refractivity contribution in [3.63, 3.8) is 0 Å². The van der Waals surface area contributed by atoms with E-state index in [1.165, 1.54) is 6.92 Å². The lowest BCUT2D eigenvalue weighted by molar-refractivity contribution is -0.131. The summed E-state index contributed by atoms with van der Waals surface area (Å²) < 4.78 is 5.04. The van der Waals surface area contributed by atoms with Crippen LogP contribution in [0.3, 0.4) is 0 Å². The van der Waals surface area contributed by atoms with Gasteiger partial charge in [0.1, 0.15) is 5.75 Å². The number of para-hydroxylation sites is 1. The minimum Gasteiger partial charge on any atom is -0.426 e. The third-order valence-electron chi connectivity index (χ3n) is 1.56. The predicted molar refractivity (Wildman–Crippen MR) is 60.6 cm³/mol. The minimum atomic E-state index is -0.301. The number of hydrogen-bond donors (Lipinski definition) is 0. The van der Waals surface area contributed by atoms with E-state index in [1.54, 1.807) is 6.07 Å². The van der Waals surface area contributed by atoms with E-state index in [2.05, 4.69) is 15.9 Å². The first-order valence-corrected chi connectivity index (χ1v) is 5.36. The Kier molecular flexibility index (Phi) is 4.40. The molecule has 0 bridgehead atoms. The van der Waals surface area contributed by atoms with Gasteiger partial charge in [0.15, 0.2) is 0 Å². The van der Waals surface area contributed by atoms with Gasteiger partial charge in [0.25, 0.3) is 0 Å². The Hall–Kier alpha value is -1.09. The first-order valence-electron chi connectivity index (χ1n) is 4.24. The van der Waals surface area contributed by atoms with Gasteiger partial charge >= 0.3 is 5.97 Å². The molecule has 0 atom stereocenters. The Labute approximate surface area is 91.7 Å². The van der Waals surface area contributed by atoms with E-state index in [-0.39, 0.29) is 5.97 Å². The Morgan fingerprint density at radius 1 is 1.50 bits per heavy atom. The highest BCUT2D eigenvalue weighted by Crippen LogP contribution is 2.19. The van der Waals surface area contributed by atoms with E-state index in [0.29, 0.717) is 5.75 Å². The van der Waals surface area contributed by atoms with Gasteiger partial charge < -0.3 is 4.74 Å². The van der Waals surface area contributed by atoms with E-state index in [0.717, 1.165) is 10.9 Å². The van der Waals surface area contributed by atoms with Crippen molar-refractivity contribution in [1.29, 1.82) is 0 Å². The van der Waals surface area contributed by atoms with Crippen molar-refractivity contribution >= 4 is 28.0 Å². The molecule has 0 saturated carbocycles. The summed E-state index contributed by atoms with van der Waals surface area (Å²) >= 11 is 3.29. The number of alkyl halides is 1. The van der Waals surface area contributed by atoms with Crippen molar-refractivity contribution in [3.8, 4) is 5.75 Å². The van der Waals surface area contributed by atoms with Gasteiger partial charge in [0.2, 0.25) is 0 Å². The average molecular weight is 255 g/mol. The summed E-state index contributed by atoms with van der Waals surface area (Å²) in [5.74, 6) is 0.293. The largest absolute Gasteiger partial charge is 0.426 e.